The van der Waals surface area contributed by atoms with Crippen molar-refractivity contribution in [3.8, 4) is 0 Å². The Bertz CT molecular complexity index is 154. The lowest BCUT2D eigenvalue weighted by molar-refractivity contribution is 0.258. The van der Waals surface area contributed by atoms with Crippen molar-refractivity contribution in [1.29, 1.82) is 0 Å². The Kier molecular flexibility index (Phi) is 4.66. The average Bonchev–Trinajstić information content (AvgIpc) is 2.13. The summed E-state index contributed by atoms with van der Waals surface area (Å²) in [5, 5.41) is 0. The highest BCUT2D eigenvalue weighted by molar-refractivity contribution is 9.09. The number of rotatable bonds is 0. The van der Waals surface area contributed by atoms with Crippen LogP contribution in [0, 0.1) is 0 Å². The van der Waals surface area contributed by atoms with E-state index in [0.29, 0.717) is 4.95 Å². The highest BCUT2D eigenvalue weighted by Crippen LogP contribution is 2.08. The second-order valence-electron chi connectivity index (χ2n) is 3.98. The summed E-state index contributed by atoms with van der Waals surface area (Å²) in [7, 11) is 6.55. The minimum Gasteiger partial charge on any atom is -0.304 e. The molecule has 0 aliphatic carbocycles. The Hall–Kier alpha value is 0.360. The standard InChI is InChI=1S/C9H20BrN3/c1-11-4-5-12(2)8-9(10)13(3)7-6-11/h9H,4-8H2,1-3H3. The molecule has 0 radical (unpaired) electrons. The van der Waals surface area contributed by atoms with E-state index in [4.69, 9.17) is 0 Å². The molecule has 0 aromatic rings. The van der Waals surface area contributed by atoms with Crippen LogP contribution in [0.5, 0.6) is 0 Å². The summed E-state index contributed by atoms with van der Waals surface area (Å²) in [6, 6.07) is 0. The van der Waals surface area contributed by atoms with Crippen LogP contribution in [0.1, 0.15) is 0 Å². The number of likely N-dealkylation sites (N-methyl/N-ethyl adjacent to an activating group) is 3. The maximum absolute atomic E-state index is 3.70. The molecule has 1 aliphatic heterocycles. The van der Waals surface area contributed by atoms with Gasteiger partial charge in [-0.15, -0.1) is 0 Å². The highest BCUT2D eigenvalue weighted by Gasteiger charge is 2.16. The smallest absolute Gasteiger partial charge is 0.0782 e. The van der Waals surface area contributed by atoms with Crippen molar-refractivity contribution in [2.45, 2.75) is 4.95 Å². The van der Waals surface area contributed by atoms with E-state index in [9.17, 15) is 0 Å². The van der Waals surface area contributed by atoms with Gasteiger partial charge in [0.05, 0.1) is 4.95 Å². The van der Waals surface area contributed by atoms with E-state index in [-0.39, 0.29) is 0 Å². The SMILES string of the molecule is CN1CCN(C)CC(Br)N(C)CC1. The van der Waals surface area contributed by atoms with Crippen LogP contribution >= 0.6 is 15.9 Å². The Balaban J connectivity index is 2.48. The minimum atomic E-state index is 0.490. The second kappa shape index (κ2) is 5.29. The Labute approximate surface area is 89.8 Å². The fourth-order valence-corrected chi connectivity index (χ4v) is 2.11. The van der Waals surface area contributed by atoms with Gasteiger partial charge in [-0.2, -0.15) is 0 Å². The predicted molar refractivity (Wildman–Crippen MR) is 60.3 cm³/mol. The molecule has 1 heterocycles. The molecule has 13 heavy (non-hydrogen) atoms. The van der Waals surface area contributed by atoms with E-state index in [1.807, 2.05) is 0 Å². The molecule has 0 aromatic heterocycles. The van der Waals surface area contributed by atoms with Gasteiger partial charge in [-0.05, 0) is 21.1 Å². The molecule has 0 saturated carbocycles. The van der Waals surface area contributed by atoms with E-state index < -0.39 is 0 Å². The fraction of sp³-hybridized carbons (Fsp3) is 1.00. The van der Waals surface area contributed by atoms with E-state index in [2.05, 4.69) is 51.8 Å². The van der Waals surface area contributed by atoms with Crippen LogP contribution in [-0.2, 0) is 0 Å². The number of hydrogen-bond donors (Lipinski definition) is 0. The third-order valence-corrected chi connectivity index (χ3v) is 3.63. The number of halogens is 1. The maximum atomic E-state index is 3.70. The normalized spacial score (nSPS) is 30.9. The van der Waals surface area contributed by atoms with Crippen LogP contribution < -0.4 is 0 Å². The van der Waals surface area contributed by atoms with E-state index in [0.717, 1.165) is 26.2 Å². The minimum absolute atomic E-state index is 0.490. The van der Waals surface area contributed by atoms with Crippen molar-refractivity contribution < 1.29 is 0 Å². The molecular formula is C9H20BrN3. The number of hydrogen-bond acceptors (Lipinski definition) is 3. The lowest BCUT2D eigenvalue weighted by Crippen LogP contribution is -2.37. The van der Waals surface area contributed by atoms with Gasteiger partial charge in [0.25, 0.3) is 0 Å². The van der Waals surface area contributed by atoms with E-state index in [1.54, 1.807) is 0 Å². The molecule has 1 fully saturated rings. The molecule has 0 amide bonds. The van der Waals surface area contributed by atoms with Gasteiger partial charge < -0.3 is 9.80 Å². The van der Waals surface area contributed by atoms with Crippen molar-refractivity contribution in [1.82, 2.24) is 14.7 Å². The van der Waals surface area contributed by atoms with Crippen LogP contribution in [0.2, 0.25) is 0 Å². The van der Waals surface area contributed by atoms with Crippen molar-refractivity contribution in [2.75, 3.05) is 53.9 Å². The van der Waals surface area contributed by atoms with Gasteiger partial charge in [0.2, 0.25) is 0 Å². The molecule has 1 saturated heterocycles. The highest BCUT2D eigenvalue weighted by atomic mass is 79.9. The van der Waals surface area contributed by atoms with E-state index >= 15 is 0 Å². The molecule has 0 bridgehead atoms. The topological polar surface area (TPSA) is 9.72 Å². The zero-order valence-electron chi connectivity index (χ0n) is 8.83. The van der Waals surface area contributed by atoms with Crippen LogP contribution in [-0.4, -0.2) is 73.5 Å². The molecule has 3 nitrogen and oxygen atoms in total. The molecule has 1 unspecified atom stereocenters. The van der Waals surface area contributed by atoms with Crippen molar-refractivity contribution >= 4 is 15.9 Å². The zero-order chi connectivity index (χ0) is 9.84. The number of nitrogens with zero attached hydrogens (tertiary/aromatic N) is 3. The largest absolute Gasteiger partial charge is 0.304 e. The summed E-state index contributed by atoms with van der Waals surface area (Å²) >= 11 is 3.70. The van der Waals surface area contributed by atoms with Crippen molar-refractivity contribution in [3.05, 3.63) is 0 Å². The monoisotopic (exact) mass is 249 g/mol. The predicted octanol–water partition coefficient (Wildman–Crippen LogP) is 0.516. The molecule has 1 atom stereocenters. The first-order valence-corrected chi connectivity index (χ1v) is 5.72. The molecule has 0 aromatic carbocycles. The molecule has 1 aliphatic rings. The third kappa shape index (κ3) is 3.94. The molecular weight excluding hydrogens is 230 g/mol. The van der Waals surface area contributed by atoms with Gasteiger partial charge in [0.15, 0.2) is 0 Å². The van der Waals surface area contributed by atoms with Gasteiger partial charge in [0, 0.05) is 32.7 Å². The summed E-state index contributed by atoms with van der Waals surface area (Å²) in [4.78, 5) is 7.61. The fourth-order valence-electron chi connectivity index (χ4n) is 1.41. The molecule has 0 spiro atoms. The van der Waals surface area contributed by atoms with Gasteiger partial charge in [-0.1, -0.05) is 15.9 Å². The van der Waals surface area contributed by atoms with Crippen molar-refractivity contribution in [2.24, 2.45) is 0 Å². The van der Waals surface area contributed by atoms with Crippen molar-refractivity contribution in [3.63, 3.8) is 0 Å². The van der Waals surface area contributed by atoms with E-state index in [1.165, 1.54) is 6.54 Å². The first-order valence-electron chi connectivity index (χ1n) is 4.81. The zero-order valence-corrected chi connectivity index (χ0v) is 10.4. The molecule has 4 heteroatoms. The first kappa shape index (κ1) is 11.4. The van der Waals surface area contributed by atoms with Gasteiger partial charge >= 0.3 is 0 Å². The Morgan fingerprint density at radius 3 is 2.15 bits per heavy atom. The maximum Gasteiger partial charge on any atom is 0.0782 e. The quantitative estimate of drug-likeness (QED) is 0.458. The van der Waals surface area contributed by atoms with Crippen LogP contribution in [0.25, 0.3) is 0 Å². The molecule has 1 rings (SSSR count). The summed E-state index contributed by atoms with van der Waals surface area (Å²) in [6.45, 7) is 5.73. The van der Waals surface area contributed by atoms with Crippen LogP contribution in [0.3, 0.4) is 0 Å². The van der Waals surface area contributed by atoms with Crippen LogP contribution in [0.15, 0.2) is 0 Å². The van der Waals surface area contributed by atoms with Crippen LogP contribution in [0.4, 0.5) is 0 Å². The molecule has 0 N–H and O–H groups in total. The van der Waals surface area contributed by atoms with Gasteiger partial charge in [-0.3, -0.25) is 4.90 Å². The summed E-state index contributed by atoms with van der Waals surface area (Å²) in [5.41, 5.74) is 0. The Morgan fingerprint density at radius 1 is 0.923 bits per heavy atom. The number of alkyl halides is 1. The van der Waals surface area contributed by atoms with Gasteiger partial charge in [0.1, 0.15) is 0 Å². The average molecular weight is 250 g/mol. The lowest BCUT2D eigenvalue weighted by Gasteiger charge is -2.25. The Morgan fingerprint density at radius 2 is 1.46 bits per heavy atom. The second-order valence-corrected chi connectivity index (χ2v) is 5.04. The lowest BCUT2D eigenvalue weighted by atomic mass is 10.5. The summed E-state index contributed by atoms with van der Waals surface area (Å²) in [5.74, 6) is 0. The molecule has 78 valence electrons. The third-order valence-electron chi connectivity index (χ3n) is 2.64. The summed E-state index contributed by atoms with van der Waals surface area (Å²) < 4.78 is 0. The first-order chi connectivity index (χ1) is 6.09. The van der Waals surface area contributed by atoms with Gasteiger partial charge in [-0.25, -0.2) is 0 Å². The summed E-state index contributed by atoms with van der Waals surface area (Å²) in [6.07, 6.45) is 0.